The summed E-state index contributed by atoms with van der Waals surface area (Å²) in [5.74, 6) is -0.0936. The van der Waals surface area contributed by atoms with E-state index in [1.165, 1.54) is 12.1 Å². The molecule has 2 atom stereocenters. The Bertz CT molecular complexity index is 666. The Morgan fingerprint density at radius 2 is 1.73 bits per heavy atom. The summed E-state index contributed by atoms with van der Waals surface area (Å²) in [6.07, 6.45) is 1.75. The van der Waals surface area contributed by atoms with Crippen molar-refractivity contribution in [2.75, 3.05) is 4.90 Å². The highest BCUT2D eigenvalue weighted by atomic mass is 19.1. The number of phenols is 1. The average Bonchev–Trinajstić information content (AvgIpc) is 2.53. The van der Waals surface area contributed by atoms with Gasteiger partial charge in [0.05, 0.1) is 12.0 Å². The van der Waals surface area contributed by atoms with Crippen LogP contribution in [0.4, 0.5) is 10.1 Å². The highest BCUT2D eigenvalue weighted by Crippen LogP contribution is 2.45. The molecule has 0 aliphatic carbocycles. The minimum atomic E-state index is -0.317. The first kappa shape index (κ1) is 14.6. The topological polar surface area (TPSA) is 40.5 Å². The van der Waals surface area contributed by atoms with Gasteiger partial charge in [0, 0.05) is 5.69 Å². The maximum atomic E-state index is 13.1. The van der Waals surface area contributed by atoms with Crippen molar-refractivity contribution in [1.82, 2.24) is 0 Å². The number of β-lactam (4-membered cyclic amide) rings is 1. The lowest BCUT2D eigenvalue weighted by atomic mass is 9.79. The third kappa shape index (κ3) is 2.45. The Balaban J connectivity index is 1.95. The maximum Gasteiger partial charge on any atom is 0.233 e. The van der Waals surface area contributed by atoms with Gasteiger partial charge in [0.25, 0.3) is 0 Å². The molecule has 1 aliphatic heterocycles. The molecule has 0 bridgehead atoms. The van der Waals surface area contributed by atoms with E-state index in [0.717, 1.165) is 18.4 Å². The van der Waals surface area contributed by atoms with Gasteiger partial charge in [-0.2, -0.15) is 0 Å². The number of carbonyl (C=O) groups is 1. The van der Waals surface area contributed by atoms with Gasteiger partial charge < -0.3 is 10.0 Å². The highest BCUT2D eigenvalue weighted by Gasteiger charge is 2.47. The number of anilines is 1. The quantitative estimate of drug-likeness (QED) is 0.866. The standard InChI is InChI=1S/C18H18FNO2/c1-2-3-16-17(12-4-10-15(21)11-5-12)20(18(16)22)14-8-6-13(19)7-9-14/h4-11,16-17,21H,2-3H2,1H3/t16-,17-/m1/s1. The van der Waals surface area contributed by atoms with Crippen LogP contribution in [0, 0.1) is 11.7 Å². The van der Waals surface area contributed by atoms with Crippen LogP contribution in [-0.2, 0) is 4.79 Å². The van der Waals surface area contributed by atoms with Crippen LogP contribution in [0.2, 0.25) is 0 Å². The molecular formula is C18H18FNO2. The van der Waals surface area contributed by atoms with E-state index in [1.807, 2.05) is 12.1 Å². The number of hydrogen-bond donors (Lipinski definition) is 1. The Labute approximate surface area is 129 Å². The van der Waals surface area contributed by atoms with E-state index in [1.54, 1.807) is 29.2 Å². The van der Waals surface area contributed by atoms with Crippen LogP contribution in [0.25, 0.3) is 0 Å². The molecule has 1 saturated heterocycles. The predicted molar refractivity (Wildman–Crippen MR) is 83.1 cm³/mol. The number of nitrogens with zero attached hydrogens (tertiary/aromatic N) is 1. The van der Waals surface area contributed by atoms with Crippen molar-refractivity contribution >= 4 is 11.6 Å². The molecule has 0 spiro atoms. The summed E-state index contributed by atoms with van der Waals surface area (Å²) in [7, 11) is 0. The summed E-state index contributed by atoms with van der Waals surface area (Å²) >= 11 is 0. The molecule has 0 saturated carbocycles. The second-order valence-corrected chi connectivity index (χ2v) is 5.62. The van der Waals surface area contributed by atoms with Gasteiger partial charge in [-0.25, -0.2) is 4.39 Å². The maximum absolute atomic E-state index is 13.1. The number of amides is 1. The zero-order valence-electron chi connectivity index (χ0n) is 12.4. The zero-order chi connectivity index (χ0) is 15.7. The smallest absolute Gasteiger partial charge is 0.233 e. The predicted octanol–water partition coefficient (Wildman–Crippen LogP) is 4.04. The zero-order valence-corrected chi connectivity index (χ0v) is 12.4. The second kappa shape index (κ2) is 5.79. The van der Waals surface area contributed by atoms with Crippen molar-refractivity contribution in [2.45, 2.75) is 25.8 Å². The first-order chi connectivity index (χ1) is 10.6. The van der Waals surface area contributed by atoms with E-state index in [4.69, 9.17) is 0 Å². The first-order valence-electron chi connectivity index (χ1n) is 7.49. The molecule has 2 aromatic rings. The van der Waals surface area contributed by atoms with E-state index in [9.17, 15) is 14.3 Å². The molecular weight excluding hydrogens is 281 g/mol. The van der Waals surface area contributed by atoms with E-state index >= 15 is 0 Å². The Hall–Kier alpha value is -2.36. The minimum Gasteiger partial charge on any atom is -0.508 e. The van der Waals surface area contributed by atoms with Crippen LogP contribution in [-0.4, -0.2) is 11.0 Å². The largest absolute Gasteiger partial charge is 0.508 e. The van der Waals surface area contributed by atoms with Crippen molar-refractivity contribution < 1.29 is 14.3 Å². The molecule has 4 heteroatoms. The van der Waals surface area contributed by atoms with Crippen LogP contribution in [0.15, 0.2) is 48.5 Å². The number of benzene rings is 2. The molecule has 1 fully saturated rings. The molecule has 22 heavy (non-hydrogen) atoms. The summed E-state index contributed by atoms with van der Waals surface area (Å²) in [6, 6.07) is 12.9. The van der Waals surface area contributed by atoms with Crippen LogP contribution < -0.4 is 4.90 Å². The van der Waals surface area contributed by atoms with Gasteiger partial charge in [-0.1, -0.05) is 25.5 Å². The molecule has 1 aliphatic rings. The fourth-order valence-corrected chi connectivity index (χ4v) is 3.08. The number of halogens is 1. The van der Waals surface area contributed by atoms with Gasteiger partial charge in [0.15, 0.2) is 0 Å². The molecule has 1 amide bonds. The third-order valence-electron chi connectivity index (χ3n) is 4.15. The lowest BCUT2D eigenvalue weighted by Crippen LogP contribution is -2.55. The van der Waals surface area contributed by atoms with Gasteiger partial charge in [-0.15, -0.1) is 0 Å². The van der Waals surface area contributed by atoms with Crippen LogP contribution in [0.1, 0.15) is 31.4 Å². The van der Waals surface area contributed by atoms with Crippen molar-refractivity contribution in [3.05, 3.63) is 59.9 Å². The third-order valence-corrected chi connectivity index (χ3v) is 4.15. The van der Waals surface area contributed by atoms with Gasteiger partial charge >= 0.3 is 0 Å². The average molecular weight is 299 g/mol. The summed E-state index contributed by atoms with van der Waals surface area (Å²) in [6.45, 7) is 2.06. The van der Waals surface area contributed by atoms with E-state index in [2.05, 4.69) is 6.92 Å². The van der Waals surface area contributed by atoms with Crippen LogP contribution in [0.3, 0.4) is 0 Å². The number of hydrogen-bond acceptors (Lipinski definition) is 2. The van der Waals surface area contributed by atoms with Crippen molar-refractivity contribution in [2.24, 2.45) is 5.92 Å². The van der Waals surface area contributed by atoms with Crippen molar-refractivity contribution in [3.8, 4) is 5.75 Å². The molecule has 3 nitrogen and oxygen atoms in total. The molecule has 0 radical (unpaired) electrons. The number of carbonyl (C=O) groups excluding carboxylic acids is 1. The fraction of sp³-hybridized carbons (Fsp3) is 0.278. The fourth-order valence-electron chi connectivity index (χ4n) is 3.08. The Morgan fingerprint density at radius 3 is 2.32 bits per heavy atom. The van der Waals surface area contributed by atoms with Crippen molar-refractivity contribution in [3.63, 3.8) is 0 Å². The molecule has 3 rings (SSSR count). The summed E-state index contributed by atoms with van der Waals surface area (Å²) in [4.78, 5) is 14.2. The highest BCUT2D eigenvalue weighted by molar-refractivity contribution is 6.03. The van der Waals surface area contributed by atoms with Gasteiger partial charge in [0.1, 0.15) is 11.6 Å². The SMILES string of the molecule is CCC[C@H]1C(=O)N(c2ccc(F)cc2)[C@@H]1c1ccc(O)cc1. The van der Waals surface area contributed by atoms with Gasteiger partial charge in [-0.3, -0.25) is 4.79 Å². The lowest BCUT2D eigenvalue weighted by Gasteiger charge is -2.47. The number of rotatable bonds is 4. The van der Waals surface area contributed by atoms with Crippen LogP contribution in [0.5, 0.6) is 5.75 Å². The van der Waals surface area contributed by atoms with Gasteiger partial charge in [0.2, 0.25) is 5.91 Å². The van der Waals surface area contributed by atoms with Crippen molar-refractivity contribution in [1.29, 1.82) is 0 Å². The summed E-state index contributed by atoms with van der Waals surface area (Å²) in [5.41, 5.74) is 1.69. The molecule has 1 heterocycles. The molecule has 0 aromatic heterocycles. The minimum absolute atomic E-state index is 0.0559. The van der Waals surface area contributed by atoms with Gasteiger partial charge in [-0.05, 0) is 48.4 Å². The van der Waals surface area contributed by atoms with E-state index < -0.39 is 0 Å². The molecule has 0 unspecified atom stereocenters. The molecule has 114 valence electrons. The second-order valence-electron chi connectivity index (χ2n) is 5.62. The molecule has 1 N–H and O–H groups in total. The Kier molecular flexibility index (Phi) is 3.84. The first-order valence-corrected chi connectivity index (χ1v) is 7.49. The lowest BCUT2D eigenvalue weighted by molar-refractivity contribution is -0.130. The summed E-state index contributed by atoms with van der Waals surface area (Å²) in [5, 5.41) is 9.44. The molecule has 2 aromatic carbocycles. The number of aromatic hydroxyl groups is 1. The number of phenolic OH excluding ortho intramolecular Hbond substituents is 1. The normalized spacial score (nSPS) is 20.8. The Morgan fingerprint density at radius 1 is 1.09 bits per heavy atom. The summed E-state index contributed by atoms with van der Waals surface area (Å²) < 4.78 is 13.1. The van der Waals surface area contributed by atoms with E-state index in [-0.39, 0.29) is 29.4 Å². The van der Waals surface area contributed by atoms with Crippen LogP contribution >= 0.6 is 0 Å². The van der Waals surface area contributed by atoms with E-state index in [0.29, 0.717) is 5.69 Å². The monoisotopic (exact) mass is 299 g/mol.